The first-order valence-electron chi connectivity index (χ1n) is 5.07. The maximum Gasteiger partial charge on any atom is 0.338 e. The van der Waals surface area contributed by atoms with Gasteiger partial charge in [0.2, 0.25) is 0 Å². The van der Waals surface area contributed by atoms with E-state index in [0.29, 0.717) is 19.1 Å². The Morgan fingerprint density at radius 3 is 2.94 bits per heavy atom. The minimum absolute atomic E-state index is 0.0315. The van der Waals surface area contributed by atoms with Crippen LogP contribution in [0.15, 0.2) is 0 Å². The first kappa shape index (κ1) is 12.7. The SMILES string of the molecule is CC(NC(=O)NOCC(=O)O)C1CCOC1. The van der Waals surface area contributed by atoms with Crippen LogP contribution in [0, 0.1) is 5.92 Å². The Balaban J connectivity index is 2.15. The summed E-state index contributed by atoms with van der Waals surface area (Å²) in [6.07, 6.45) is 0.914. The van der Waals surface area contributed by atoms with Gasteiger partial charge in [0, 0.05) is 18.6 Å². The normalized spacial score (nSPS) is 21.4. The Kier molecular flexibility index (Phi) is 5.00. The summed E-state index contributed by atoms with van der Waals surface area (Å²) in [4.78, 5) is 25.7. The van der Waals surface area contributed by atoms with Crippen molar-refractivity contribution >= 4 is 12.0 Å². The molecule has 1 fully saturated rings. The molecule has 1 rings (SSSR count). The van der Waals surface area contributed by atoms with E-state index >= 15 is 0 Å². The van der Waals surface area contributed by atoms with E-state index in [4.69, 9.17) is 9.84 Å². The quantitative estimate of drug-likeness (QED) is 0.567. The van der Waals surface area contributed by atoms with E-state index in [2.05, 4.69) is 10.2 Å². The van der Waals surface area contributed by atoms with Crippen LogP contribution < -0.4 is 10.8 Å². The van der Waals surface area contributed by atoms with E-state index in [1.165, 1.54) is 0 Å². The van der Waals surface area contributed by atoms with E-state index in [0.717, 1.165) is 6.42 Å². The molecule has 2 amide bonds. The van der Waals surface area contributed by atoms with Crippen LogP contribution in [0.1, 0.15) is 13.3 Å². The molecule has 16 heavy (non-hydrogen) atoms. The zero-order valence-electron chi connectivity index (χ0n) is 9.06. The summed E-state index contributed by atoms with van der Waals surface area (Å²) < 4.78 is 5.19. The number of carboxylic acids is 1. The largest absolute Gasteiger partial charge is 0.479 e. The lowest BCUT2D eigenvalue weighted by molar-refractivity contribution is -0.144. The van der Waals surface area contributed by atoms with Crippen molar-refractivity contribution in [3.8, 4) is 0 Å². The number of urea groups is 1. The van der Waals surface area contributed by atoms with Crippen molar-refractivity contribution in [1.29, 1.82) is 0 Å². The molecular formula is C9H16N2O5. The topological polar surface area (TPSA) is 96.9 Å². The Bertz CT molecular complexity index is 252. The average Bonchev–Trinajstić information content (AvgIpc) is 2.69. The van der Waals surface area contributed by atoms with Crippen LogP contribution in [0.2, 0.25) is 0 Å². The lowest BCUT2D eigenvalue weighted by Crippen LogP contribution is -2.44. The highest BCUT2D eigenvalue weighted by molar-refractivity contribution is 5.73. The van der Waals surface area contributed by atoms with Crippen LogP contribution in [-0.4, -0.2) is 43.0 Å². The van der Waals surface area contributed by atoms with E-state index in [1.54, 1.807) is 0 Å². The number of rotatable bonds is 5. The lowest BCUT2D eigenvalue weighted by atomic mass is 10.0. The molecule has 92 valence electrons. The summed E-state index contributed by atoms with van der Waals surface area (Å²) >= 11 is 0. The molecule has 3 N–H and O–H groups in total. The van der Waals surface area contributed by atoms with Crippen molar-refractivity contribution in [3.05, 3.63) is 0 Å². The van der Waals surface area contributed by atoms with Crippen LogP contribution in [0.4, 0.5) is 4.79 Å². The van der Waals surface area contributed by atoms with E-state index in [9.17, 15) is 9.59 Å². The van der Waals surface area contributed by atoms with Gasteiger partial charge in [0.15, 0.2) is 6.61 Å². The van der Waals surface area contributed by atoms with Gasteiger partial charge in [-0.05, 0) is 13.3 Å². The number of carbonyl (C=O) groups is 2. The fourth-order valence-corrected chi connectivity index (χ4v) is 1.46. The summed E-state index contributed by atoms with van der Waals surface area (Å²) in [5.41, 5.74) is 2.00. The zero-order chi connectivity index (χ0) is 12.0. The number of carboxylic acid groups (broad SMARTS) is 1. The molecule has 1 heterocycles. The van der Waals surface area contributed by atoms with Gasteiger partial charge in [0.25, 0.3) is 0 Å². The van der Waals surface area contributed by atoms with Gasteiger partial charge < -0.3 is 15.2 Å². The highest BCUT2D eigenvalue weighted by Crippen LogP contribution is 2.15. The molecule has 7 heteroatoms. The second-order valence-electron chi connectivity index (χ2n) is 3.67. The number of hydrogen-bond acceptors (Lipinski definition) is 4. The summed E-state index contributed by atoms with van der Waals surface area (Å²) in [5.74, 6) is -0.845. The second-order valence-corrected chi connectivity index (χ2v) is 3.67. The van der Waals surface area contributed by atoms with Gasteiger partial charge >= 0.3 is 12.0 Å². The molecule has 0 aromatic rings. The summed E-state index contributed by atoms with van der Waals surface area (Å²) in [6.45, 7) is 2.66. The van der Waals surface area contributed by atoms with Crippen LogP contribution in [0.25, 0.3) is 0 Å². The molecule has 0 aliphatic carbocycles. The molecule has 0 radical (unpaired) electrons. The Hall–Kier alpha value is -1.34. The lowest BCUT2D eigenvalue weighted by Gasteiger charge is -2.19. The van der Waals surface area contributed by atoms with Crippen molar-refractivity contribution < 1.29 is 24.3 Å². The molecular weight excluding hydrogens is 216 g/mol. The Labute approximate surface area is 93.1 Å². The number of hydrogen-bond donors (Lipinski definition) is 3. The summed E-state index contributed by atoms with van der Waals surface area (Å²) in [5, 5.41) is 10.9. The molecule has 2 unspecified atom stereocenters. The van der Waals surface area contributed by atoms with Gasteiger partial charge in [-0.2, -0.15) is 0 Å². The monoisotopic (exact) mass is 232 g/mol. The van der Waals surface area contributed by atoms with Gasteiger partial charge in [0.1, 0.15) is 0 Å². The maximum absolute atomic E-state index is 11.2. The van der Waals surface area contributed by atoms with Gasteiger partial charge in [-0.25, -0.2) is 15.1 Å². The van der Waals surface area contributed by atoms with Crippen LogP contribution in [0.3, 0.4) is 0 Å². The third-order valence-corrected chi connectivity index (χ3v) is 2.39. The number of amides is 2. The number of nitrogens with one attached hydrogen (secondary N) is 2. The van der Waals surface area contributed by atoms with E-state index in [1.807, 2.05) is 12.4 Å². The molecule has 0 aromatic heterocycles. The van der Waals surface area contributed by atoms with Crippen molar-refractivity contribution in [1.82, 2.24) is 10.8 Å². The average molecular weight is 232 g/mol. The number of hydroxylamine groups is 1. The third kappa shape index (κ3) is 4.45. The molecule has 0 bridgehead atoms. The first-order chi connectivity index (χ1) is 7.59. The molecule has 0 saturated carbocycles. The van der Waals surface area contributed by atoms with Gasteiger partial charge in [-0.1, -0.05) is 0 Å². The number of aliphatic carboxylic acids is 1. The number of carbonyl (C=O) groups excluding carboxylic acids is 1. The molecule has 0 aromatic carbocycles. The summed E-state index contributed by atoms with van der Waals surface area (Å²) in [6, 6.07) is -0.573. The summed E-state index contributed by atoms with van der Waals surface area (Å²) in [7, 11) is 0. The Morgan fingerprint density at radius 1 is 1.62 bits per heavy atom. The molecule has 0 spiro atoms. The predicted octanol–water partition coefficient (Wildman–Crippen LogP) is -0.273. The number of ether oxygens (including phenoxy) is 1. The maximum atomic E-state index is 11.2. The van der Waals surface area contributed by atoms with Crippen LogP contribution in [0.5, 0.6) is 0 Å². The highest BCUT2D eigenvalue weighted by atomic mass is 16.7. The molecule has 1 aliphatic heterocycles. The zero-order valence-corrected chi connectivity index (χ0v) is 9.06. The van der Waals surface area contributed by atoms with Gasteiger partial charge in [-0.15, -0.1) is 0 Å². The second kappa shape index (κ2) is 6.29. The highest BCUT2D eigenvalue weighted by Gasteiger charge is 2.23. The van der Waals surface area contributed by atoms with Crippen molar-refractivity contribution in [3.63, 3.8) is 0 Å². The van der Waals surface area contributed by atoms with E-state index < -0.39 is 18.6 Å². The molecule has 2 atom stereocenters. The fourth-order valence-electron chi connectivity index (χ4n) is 1.46. The fraction of sp³-hybridized carbons (Fsp3) is 0.778. The minimum Gasteiger partial charge on any atom is -0.479 e. The van der Waals surface area contributed by atoms with Gasteiger partial charge in [-0.3, -0.25) is 4.84 Å². The van der Waals surface area contributed by atoms with Crippen LogP contribution >= 0.6 is 0 Å². The minimum atomic E-state index is -1.14. The van der Waals surface area contributed by atoms with Crippen molar-refractivity contribution in [2.24, 2.45) is 5.92 Å². The predicted molar refractivity (Wildman–Crippen MR) is 53.6 cm³/mol. The van der Waals surface area contributed by atoms with Gasteiger partial charge in [0.05, 0.1) is 6.61 Å². The van der Waals surface area contributed by atoms with Crippen molar-refractivity contribution in [2.75, 3.05) is 19.8 Å². The van der Waals surface area contributed by atoms with Crippen molar-refractivity contribution in [2.45, 2.75) is 19.4 Å². The third-order valence-electron chi connectivity index (χ3n) is 2.39. The molecule has 1 aliphatic rings. The first-order valence-corrected chi connectivity index (χ1v) is 5.07. The smallest absolute Gasteiger partial charge is 0.338 e. The molecule has 7 nitrogen and oxygen atoms in total. The standard InChI is InChI=1S/C9H16N2O5/c1-6(7-2-3-15-4-7)10-9(14)11-16-5-8(12)13/h6-7H,2-5H2,1H3,(H,12,13)(H2,10,11,14). The molecule has 1 saturated heterocycles. The van der Waals surface area contributed by atoms with Crippen LogP contribution in [-0.2, 0) is 14.4 Å². The van der Waals surface area contributed by atoms with E-state index in [-0.39, 0.29) is 6.04 Å². The Morgan fingerprint density at radius 2 is 2.38 bits per heavy atom.